The van der Waals surface area contributed by atoms with E-state index in [9.17, 15) is 9.90 Å². The van der Waals surface area contributed by atoms with Crippen LogP contribution in [0.25, 0.3) is 10.8 Å². The lowest BCUT2D eigenvalue weighted by molar-refractivity contribution is -0.122. The Kier molecular flexibility index (Phi) is 4.24. The Bertz CT molecular complexity index is 919. The minimum atomic E-state index is -0.00477. The van der Waals surface area contributed by atoms with E-state index in [1.807, 2.05) is 36.4 Å². The van der Waals surface area contributed by atoms with Gasteiger partial charge in [-0.05, 0) is 39.8 Å². The zero-order valence-electron chi connectivity index (χ0n) is 14.0. The Hall–Kier alpha value is -2.65. The maximum Gasteiger partial charge on any atom is 0.224 e. The molecular weight excluding hydrogens is 310 g/mol. The van der Waals surface area contributed by atoms with Crippen LogP contribution in [-0.4, -0.2) is 11.0 Å². The van der Waals surface area contributed by atoms with E-state index in [1.165, 1.54) is 16.3 Å². The fourth-order valence-corrected chi connectivity index (χ4v) is 3.49. The second-order valence-electron chi connectivity index (χ2n) is 6.70. The van der Waals surface area contributed by atoms with Crippen molar-refractivity contribution in [3.63, 3.8) is 0 Å². The summed E-state index contributed by atoms with van der Waals surface area (Å²) in [6.07, 6.45) is 0.909. The van der Waals surface area contributed by atoms with Crippen LogP contribution in [0.5, 0.6) is 0 Å². The minimum absolute atomic E-state index is 0.00477. The molecule has 1 aliphatic rings. The first-order chi connectivity index (χ1) is 12.3. The Balaban J connectivity index is 1.41. The molecule has 2 N–H and O–H groups in total. The van der Waals surface area contributed by atoms with E-state index < -0.39 is 0 Å². The maximum absolute atomic E-state index is 12.5. The van der Waals surface area contributed by atoms with Crippen LogP contribution in [0.1, 0.15) is 29.0 Å². The molecule has 0 bridgehead atoms. The van der Waals surface area contributed by atoms with Crippen LogP contribution in [0, 0.1) is 5.92 Å². The summed E-state index contributed by atoms with van der Waals surface area (Å²) in [5, 5.41) is 14.8. The van der Waals surface area contributed by atoms with Crippen molar-refractivity contribution in [3.8, 4) is 0 Å². The summed E-state index contributed by atoms with van der Waals surface area (Å²) in [6, 6.07) is 22.4. The number of hydrogen-bond acceptors (Lipinski definition) is 2. The van der Waals surface area contributed by atoms with Gasteiger partial charge in [0.25, 0.3) is 0 Å². The van der Waals surface area contributed by atoms with E-state index in [-0.39, 0.29) is 18.4 Å². The Labute approximate surface area is 147 Å². The third kappa shape index (κ3) is 3.28. The number of benzene rings is 3. The molecular formula is C22H21NO2. The molecule has 0 radical (unpaired) electrons. The monoisotopic (exact) mass is 331 g/mol. The standard InChI is InChI=1S/C22H21NO2/c24-14-19-8-4-3-7-18(19)13-23-22(25)21-12-20(21)17-10-9-15-5-1-2-6-16(15)11-17/h1-11,20-21,24H,12-14H2,(H,23,25). The zero-order chi connectivity index (χ0) is 17.2. The molecule has 3 heteroatoms. The van der Waals surface area contributed by atoms with Gasteiger partial charge in [0.2, 0.25) is 5.91 Å². The molecule has 1 amide bonds. The fourth-order valence-electron chi connectivity index (χ4n) is 3.49. The average Bonchev–Trinajstić information content (AvgIpc) is 3.47. The van der Waals surface area contributed by atoms with Gasteiger partial charge in [-0.15, -0.1) is 0 Å². The lowest BCUT2D eigenvalue weighted by Gasteiger charge is -2.09. The van der Waals surface area contributed by atoms with Gasteiger partial charge in [-0.3, -0.25) is 4.79 Å². The number of carbonyl (C=O) groups is 1. The van der Waals surface area contributed by atoms with Crippen molar-refractivity contribution in [3.05, 3.63) is 83.4 Å². The van der Waals surface area contributed by atoms with E-state index in [0.717, 1.165) is 17.5 Å². The normalized spacial score (nSPS) is 18.9. The van der Waals surface area contributed by atoms with Crippen molar-refractivity contribution in [2.24, 2.45) is 5.92 Å². The molecule has 3 aromatic carbocycles. The number of rotatable bonds is 5. The van der Waals surface area contributed by atoms with Gasteiger partial charge in [0, 0.05) is 12.5 Å². The number of amides is 1. The molecule has 2 atom stereocenters. The van der Waals surface area contributed by atoms with Crippen LogP contribution in [0.3, 0.4) is 0 Å². The summed E-state index contributed by atoms with van der Waals surface area (Å²) >= 11 is 0. The Morgan fingerprint density at radius 1 is 0.960 bits per heavy atom. The van der Waals surface area contributed by atoms with Gasteiger partial charge in [0.1, 0.15) is 0 Å². The van der Waals surface area contributed by atoms with Crippen LogP contribution in [0.15, 0.2) is 66.7 Å². The van der Waals surface area contributed by atoms with Crippen molar-refractivity contribution in [2.45, 2.75) is 25.5 Å². The molecule has 1 aliphatic carbocycles. The van der Waals surface area contributed by atoms with Gasteiger partial charge >= 0.3 is 0 Å². The van der Waals surface area contributed by atoms with Gasteiger partial charge < -0.3 is 10.4 Å². The SMILES string of the molecule is O=C(NCc1ccccc1CO)C1CC1c1ccc2ccccc2c1. The van der Waals surface area contributed by atoms with E-state index in [4.69, 9.17) is 0 Å². The predicted octanol–water partition coefficient (Wildman–Crippen LogP) is 3.75. The molecule has 126 valence electrons. The number of hydrogen-bond donors (Lipinski definition) is 2. The summed E-state index contributed by atoms with van der Waals surface area (Å²) in [5.74, 6) is 0.478. The maximum atomic E-state index is 12.5. The van der Waals surface area contributed by atoms with Gasteiger partial charge in [0.15, 0.2) is 0 Å². The third-order valence-corrected chi connectivity index (χ3v) is 5.07. The topological polar surface area (TPSA) is 49.3 Å². The highest BCUT2D eigenvalue weighted by Crippen LogP contribution is 2.48. The lowest BCUT2D eigenvalue weighted by atomic mass is 10.0. The van der Waals surface area contributed by atoms with Crippen molar-refractivity contribution in [1.82, 2.24) is 5.32 Å². The summed E-state index contributed by atoms with van der Waals surface area (Å²) < 4.78 is 0. The molecule has 4 rings (SSSR count). The van der Waals surface area contributed by atoms with E-state index >= 15 is 0 Å². The molecule has 2 unspecified atom stereocenters. The molecule has 0 spiro atoms. The van der Waals surface area contributed by atoms with Gasteiger partial charge in [-0.1, -0.05) is 66.7 Å². The highest BCUT2D eigenvalue weighted by Gasteiger charge is 2.43. The largest absolute Gasteiger partial charge is 0.392 e. The molecule has 3 aromatic rings. The Morgan fingerprint density at radius 3 is 2.48 bits per heavy atom. The number of aliphatic hydroxyl groups is 1. The van der Waals surface area contributed by atoms with E-state index in [2.05, 4.69) is 35.6 Å². The first-order valence-corrected chi connectivity index (χ1v) is 8.70. The highest BCUT2D eigenvalue weighted by atomic mass is 16.3. The molecule has 1 fully saturated rings. The summed E-state index contributed by atoms with van der Waals surface area (Å²) in [7, 11) is 0. The number of nitrogens with one attached hydrogen (secondary N) is 1. The number of fused-ring (bicyclic) bond motifs is 1. The molecule has 0 aliphatic heterocycles. The summed E-state index contributed by atoms with van der Waals surface area (Å²) in [4.78, 5) is 12.5. The summed E-state index contributed by atoms with van der Waals surface area (Å²) in [6.45, 7) is 0.464. The van der Waals surface area contributed by atoms with Gasteiger partial charge in [-0.2, -0.15) is 0 Å². The molecule has 1 saturated carbocycles. The second-order valence-corrected chi connectivity index (χ2v) is 6.70. The smallest absolute Gasteiger partial charge is 0.224 e. The van der Waals surface area contributed by atoms with Crippen molar-refractivity contribution in [2.75, 3.05) is 0 Å². The number of carbonyl (C=O) groups excluding carboxylic acids is 1. The Morgan fingerprint density at radius 2 is 1.68 bits per heavy atom. The molecule has 0 aromatic heterocycles. The van der Waals surface area contributed by atoms with Crippen molar-refractivity contribution < 1.29 is 9.90 Å². The van der Waals surface area contributed by atoms with E-state index in [1.54, 1.807) is 0 Å². The van der Waals surface area contributed by atoms with Gasteiger partial charge in [0.05, 0.1) is 6.61 Å². The predicted molar refractivity (Wildman–Crippen MR) is 99.0 cm³/mol. The van der Waals surface area contributed by atoms with Gasteiger partial charge in [-0.25, -0.2) is 0 Å². The van der Waals surface area contributed by atoms with Crippen LogP contribution in [-0.2, 0) is 17.9 Å². The second kappa shape index (κ2) is 6.69. The van der Waals surface area contributed by atoms with Crippen LogP contribution in [0.2, 0.25) is 0 Å². The minimum Gasteiger partial charge on any atom is -0.392 e. The van der Waals surface area contributed by atoms with Crippen molar-refractivity contribution >= 4 is 16.7 Å². The van der Waals surface area contributed by atoms with E-state index in [0.29, 0.717) is 12.5 Å². The summed E-state index contributed by atoms with van der Waals surface area (Å²) in [5.41, 5.74) is 3.08. The number of aliphatic hydroxyl groups excluding tert-OH is 1. The van der Waals surface area contributed by atoms with Crippen LogP contribution < -0.4 is 5.32 Å². The quantitative estimate of drug-likeness (QED) is 0.748. The van der Waals surface area contributed by atoms with Crippen LogP contribution in [0.4, 0.5) is 0 Å². The third-order valence-electron chi connectivity index (χ3n) is 5.07. The first-order valence-electron chi connectivity index (χ1n) is 8.70. The highest BCUT2D eigenvalue weighted by molar-refractivity contribution is 5.85. The molecule has 0 saturated heterocycles. The molecule has 25 heavy (non-hydrogen) atoms. The van der Waals surface area contributed by atoms with Crippen LogP contribution >= 0.6 is 0 Å². The lowest BCUT2D eigenvalue weighted by Crippen LogP contribution is -2.25. The molecule has 3 nitrogen and oxygen atoms in total. The zero-order valence-corrected chi connectivity index (χ0v) is 14.0. The fraction of sp³-hybridized carbons (Fsp3) is 0.227. The first kappa shape index (κ1) is 15.9. The molecule has 0 heterocycles. The average molecular weight is 331 g/mol. The van der Waals surface area contributed by atoms with Crippen molar-refractivity contribution in [1.29, 1.82) is 0 Å².